The van der Waals surface area contributed by atoms with E-state index in [0.29, 0.717) is 6.54 Å². The van der Waals surface area contributed by atoms with E-state index in [1.54, 1.807) is 6.08 Å². The Morgan fingerprint density at radius 2 is 1.33 bits per heavy atom. The van der Waals surface area contributed by atoms with Crippen molar-refractivity contribution in [2.45, 2.75) is 75.3 Å². The molecule has 0 aromatic heterocycles. The maximum absolute atomic E-state index is 12.9. The van der Waals surface area contributed by atoms with Crippen LogP contribution in [0.4, 0.5) is 0 Å². The van der Waals surface area contributed by atoms with Gasteiger partial charge in [-0.1, -0.05) is 44.6 Å². The van der Waals surface area contributed by atoms with Crippen LogP contribution in [0.25, 0.3) is 0 Å². The lowest BCUT2D eigenvalue weighted by Crippen LogP contribution is -2.76. The maximum atomic E-state index is 12.9. The summed E-state index contributed by atoms with van der Waals surface area (Å²) in [5.41, 5.74) is -0.987. The third-order valence-electron chi connectivity index (χ3n) is 5.51. The molecule has 1 saturated heterocycles. The molecule has 2 aliphatic carbocycles. The fraction of sp³-hybridized carbons (Fsp3) is 0.765. The zero-order chi connectivity index (χ0) is 14.9. The molecule has 1 heterocycles. The van der Waals surface area contributed by atoms with Crippen molar-refractivity contribution < 1.29 is 9.59 Å². The molecule has 2 spiro atoms. The van der Waals surface area contributed by atoms with Crippen LogP contribution in [0.5, 0.6) is 0 Å². The van der Waals surface area contributed by atoms with Crippen LogP contribution in [0.1, 0.15) is 64.2 Å². The molecule has 2 amide bonds. The van der Waals surface area contributed by atoms with Crippen LogP contribution in [0.15, 0.2) is 12.7 Å². The third-order valence-corrected chi connectivity index (χ3v) is 5.51. The van der Waals surface area contributed by atoms with E-state index in [1.807, 2.05) is 0 Å². The third kappa shape index (κ3) is 2.33. The van der Waals surface area contributed by atoms with Crippen molar-refractivity contribution >= 4 is 11.8 Å². The smallest absolute Gasteiger partial charge is 0.249 e. The number of nitrogens with zero attached hydrogens (tertiary/aromatic N) is 1. The van der Waals surface area contributed by atoms with E-state index in [-0.39, 0.29) is 11.8 Å². The van der Waals surface area contributed by atoms with Crippen LogP contribution in [0.2, 0.25) is 0 Å². The van der Waals surface area contributed by atoms with Crippen LogP contribution in [-0.4, -0.2) is 34.3 Å². The largest absolute Gasteiger partial charge is 0.290 e. The molecule has 2 saturated carbocycles. The molecule has 1 N–H and O–H groups in total. The van der Waals surface area contributed by atoms with Crippen molar-refractivity contribution in [3.8, 4) is 0 Å². The average molecular weight is 290 g/mol. The van der Waals surface area contributed by atoms with Crippen LogP contribution in [-0.2, 0) is 9.59 Å². The zero-order valence-corrected chi connectivity index (χ0v) is 12.8. The summed E-state index contributed by atoms with van der Waals surface area (Å²) < 4.78 is 0. The van der Waals surface area contributed by atoms with E-state index >= 15 is 0 Å². The summed E-state index contributed by atoms with van der Waals surface area (Å²) in [6.45, 7) is 4.07. The number of amides is 2. The quantitative estimate of drug-likeness (QED) is 0.628. The van der Waals surface area contributed by atoms with Gasteiger partial charge in [-0.25, -0.2) is 0 Å². The second kappa shape index (κ2) is 5.56. The number of carbonyl (C=O) groups is 2. The average Bonchev–Trinajstić information content (AvgIpc) is 2.52. The number of hydrogen-bond acceptors (Lipinski definition) is 3. The minimum absolute atomic E-state index is 0.0108. The fourth-order valence-corrected chi connectivity index (χ4v) is 4.46. The number of nitrogens with one attached hydrogen (secondary N) is 1. The van der Waals surface area contributed by atoms with Crippen molar-refractivity contribution in [3.05, 3.63) is 12.7 Å². The summed E-state index contributed by atoms with van der Waals surface area (Å²) >= 11 is 0. The molecule has 0 aromatic carbocycles. The lowest BCUT2D eigenvalue weighted by Gasteiger charge is -2.53. The van der Waals surface area contributed by atoms with Gasteiger partial charge in [0.2, 0.25) is 11.8 Å². The highest BCUT2D eigenvalue weighted by Crippen LogP contribution is 2.41. The first-order chi connectivity index (χ1) is 10.1. The number of imide groups is 1. The van der Waals surface area contributed by atoms with Gasteiger partial charge in [0.15, 0.2) is 0 Å². The van der Waals surface area contributed by atoms with Gasteiger partial charge in [0, 0.05) is 6.54 Å². The highest BCUT2D eigenvalue weighted by atomic mass is 16.2. The number of carbonyl (C=O) groups excluding carboxylic acids is 2. The van der Waals surface area contributed by atoms with E-state index < -0.39 is 11.1 Å². The highest BCUT2D eigenvalue weighted by molar-refractivity contribution is 6.07. The number of hydrogen-bond donors (Lipinski definition) is 1. The Bertz CT molecular complexity index is 410. The minimum Gasteiger partial charge on any atom is -0.290 e. The van der Waals surface area contributed by atoms with Crippen LogP contribution >= 0.6 is 0 Å². The molecule has 0 bridgehead atoms. The molecule has 0 atom stereocenters. The molecular weight excluding hydrogens is 264 g/mol. The summed E-state index contributed by atoms with van der Waals surface area (Å²) in [4.78, 5) is 27.3. The van der Waals surface area contributed by atoms with E-state index in [4.69, 9.17) is 0 Å². The first-order valence-corrected chi connectivity index (χ1v) is 8.40. The zero-order valence-electron chi connectivity index (χ0n) is 12.8. The van der Waals surface area contributed by atoms with E-state index in [9.17, 15) is 9.59 Å². The van der Waals surface area contributed by atoms with Gasteiger partial charge in [-0.3, -0.25) is 19.8 Å². The van der Waals surface area contributed by atoms with E-state index in [0.717, 1.165) is 51.4 Å². The summed E-state index contributed by atoms with van der Waals surface area (Å²) in [6, 6.07) is 0. The van der Waals surface area contributed by atoms with Gasteiger partial charge >= 0.3 is 0 Å². The molecular formula is C17H26N2O2. The Labute approximate surface area is 127 Å². The monoisotopic (exact) mass is 290 g/mol. The lowest BCUT2D eigenvalue weighted by molar-refractivity contribution is -0.164. The first kappa shape index (κ1) is 14.8. The number of rotatable bonds is 2. The predicted octanol–water partition coefficient (Wildman–Crippen LogP) is 2.54. The van der Waals surface area contributed by atoms with E-state index in [2.05, 4.69) is 11.9 Å². The van der Waals surface area contributed by atoms with Crippen molar-refractivity contribution in [2.24, 2.45) is 0 Å². The molecule has 1 aliphatic heterocycles. The van der Waals surface area contributed by atoms with Crippen LogP contribution in [0.3, 0.4) is 0 Å². The first-order valence-electron chi connectivity index (χ1n) is 8.40. The molecule has 116 valence electrons. The predicted molar refractivity (Wildman–Crippen MR) is 81.7 cm³/mol. The molecule has 4 nitrogen and oxygen atoms in total. The normalized spacial score (nSPS) is 28.1. The Kier molecular flexibility index (Phi) is 3.91. The molecule has 0 aromatic rings. The molecule has 3 fully saturated rings. The van der Waals surface area contributed by atoms with Gasteiger partial charge in [0.1, 0.15) is 0 Å². The second-order valence-electron chi connectivity index (χ2n) is 6.92. The van der Waals surface area contributed by atoms with Gasteiger partial charge < -0.3 is 0 Å². The van der Waals surface area contributed by atoms with Gasteiger partial charge in [-0.05, 0) is 25.7 Å². The Hall–Kier alpha value is -1.16. The van der Waals surface area contributed by atoms with Gasteiger partial charge in [-0.15, -0.1) is 6.58 Å². The van der Waals surface area contributed by atoms with E-state index in [1.165, 1.54) is 17.7 Å². The highest BCUT2D eigenvalue weighted by Gasteiger charge is 2.57. The van der Waals surface area contributed by atoms with Crippen molar-refractivity contribution in [1.29, 1.82) is 0 Å². The molecule has 3 rings (SSSR count). The summed E-state index contributed by atoms with van der Waals surface area (Å²) in [6.07, 6.45) is 11.8. The molecule has 0 unspecified atom stereocenters. The molecule has 0 radical (unpaired) electrons. The molecule has 4 heteroatoms. The van der Waals surface area contributed by atoms with Crippen LogP contribution in [0, 0.1) is 0 Å². The molecule has 3 aliphatic rings. The molecule has 21 heavy (non-hydrogen) atoms. The van der Waals surface area contributed by atoms with Crippen molar-refractivity contribution in [1.82, 2.24) is 10.2 Å². The Balaban J connectivity index is 1.96. The summed E-state index contributed by atoms with van der Waals surface area (Å²) in [7, 11) is 0. The topological polar surface area (TPSA) is 49.4 Å². The minimum atomic E-state index is -0.494. The van der Waals surface area contributed by atoms with Crippen molar-refractivity contribution in [3.63, 3.8) is 0 Å². The van der Waals surface area contributed by atoms with Crippen molar-refractivity contribution in [2.75, 3.05) is 6.54 Å². The standard InChI is InChI=1S/C17H26N2O2/c1-2-13-19-14(20)16(9-5-3-6-10-16)18-17(15(19)21)11-7-4-8-12-17/h2,18H,1,3-13H2. The van der Waals surface area contributed by atoms with Crippen LogP contribution < -0.4 is 5.32 Å². The summed E-state index contributed by atoms with van der Waals surface area (Å²) in [5.74, 6) is -0.0217. The number of piperazine rings is 1. The Morgan fingerprint density at radius 3 is 1.71 bits per heavy atom. The van der Waals surface area contributed by atoms with Gasteiger partial charge in [0.25, 0.3) is 0 Å². The van der Waals surface area contributed by atoms with Gasteiger partial charge in [0.05, 0.1) is 11.1 Å². The lowest BCUT2D eigenvalue weighted by atomic mass is 9.71. The Morgan fingerprint density at radius 1 is 0.905 bits per heavy atom. The second-order valence-corrected chi connectivity index (χ2v) is 6.92. The van der Waals surface area contributed by atoms with Gasteiger partial charge in [-0.2, -0.15) is 0 Å². The fourth-order valence-electron chi connectivity index (χ4n) is 4.46. The summed E-state index contributed by atoms with van der Waals surface area (Å²) in [5, 5.41) is 3.60. The maximum Gasteiger partial charge on any atom is 0.249 e. The SMILES string of the molecule is C=CCN1C(=O)C2(CCCCC2)NC2(CCCCC2)C1=O.